The molecule has 3 heterocycles. The first-order chi connectivity index (χ1) is 7.45. The van der Waals surface area contributed by atoms with Crippen LogP contribution in [0.2, 0.25) is 0 Å². The summed E-state index contributed by atoms with van der Waals surface area (Å²) in [4.78, 5) is 8.43. The first-order valence-corrected chi connectivity index (χ1v) is 4.63. The van der Waals surface area contributed by atoms with Gasteiger partial charge < -0.3 is 0 Å². The summed E-state index contributed by atoms with van der Waals surface area (Å²) >= 11 is 0. The third kappa shape index (κ3) is 1.27. The standard InChI is InChI=1S/C11H8N4/c1-5-13-11(10-3-6-14-15-10)9-2-4-12-7-8(1)9/h1-7H,(H,14,15). The number of pyridine rings is 2. The SMILES string of the molecule is c1cc2c(-c3ccn[nH]3)nccc2cn1. The molecule has 0 fully saturated rings. The summed E-state index contributed by atoms with van der Waals surface area (Å²) in [7, 11) is 0. The largest absolute Gasteiger partial charge is 0.276 e. The molecule has 3 aromatic rings. The van der Waals surface area contributed by atoms with Crippen molar-refractivity contribution in [1.82, 2.24) is 20.2 Å². The molecule has 0 atom stereocenters. The van der Waals surface area contributed by atoms with E-state index in [1.165, 1.54) is 0 Å². The van der Waals surface area contributed by atoms with Crippen LogP contribution in [-0.2, 0) is 0 Å². The van der Waals surface area contributed by atoms with Gasteiger partial charge in [0.15, 0.2) is 0 Å². The van der Waals surface area contributed by atoms with Crippen LogP contribution < -0.4 is 0 Å². The lowest BCUT2D eigenvalue weighted by molar-refractivity contribution is 1.09. The van der Waals surface area contributed by atoms with E-state index in [-0.39, 0.29) is 0 Å². The fourth-order valence-electron chi connectivity index (χ4n) is 1.62. The second-order valence-corrected chi connectivity index (χ2v) is 3.23. The van der Waals surface area contributed by atoms with Crippen molar-refractivity contribution in [2.24, 2.45) is 0 Å². The highest BCUT2D eigenvalue weighted by Crippen LogP contribution is 2.23. The van der Waals surface area contributed by atoms with E-state index in [9.17, 15) is 0 Å². The molecule has 3 rings (SSSR count). The maximum atomic E-state index is 4.35. The van der Waals surface area contributed by atoms with Crippen LogP contribution >= 0.6 is 0 Å². The van der Waals surface area contributed by atoms with Gasteiger partial charge in [-0.25, -0.2) is 0 Å². The Labute approximate surface area is 86.0 Å². The van der Waals surface area contributed by atoms with Crippen molar-refractivity contribution in [3.8, 4) is 11.4 Å². The molecule has 0 unspecified atom stereocenters. The third-order valence-corrected chi connectivity index (χ3v) is 2.32. The quantitative estimate of drug-likeness (QED) is 0.647. The predicted octanol–water partition coefficient (Wildman–Crippen LogP) is 2.02. The molecule has 0 saturated heterocycles. The van der Waals surface area contributed by atoms with Crippen LogP contribution in [0.4, 0.5) is 0 Å². The van der Waals surface area contributed by atoms with Gasteiger partial charge in [-0.2, -0.15) is 5.10 Å². The molecule has 0 radical (unpaired) electrons. The summed E-state index contributed by atoms with van der Waals surface area (Å²) in [6.45, 7) is 0. The lowest BCUT2D eigenvalue weighted by Crippen LogP contribution is -1.86. The van der Waals surface area contributed by atoms with Crippen molar-refractivity contribution in [3.05, 3.63) is 43.0 Å². The highest BCUT2D eigenvalue weighted by molar-refractivity contribution is 5.92. The average Bonchev–Trinajstić information content (AvgIpc) is 2.82. The normalized spacial score (nSPS) is 10.7. The summed E-state index contributed by atoms with van der Waals surface area (Å²) in [5.41, 5.74) is 1.83. The number of fused-ring (bicyclic) bond motifs is 1. The van der Waals surface area contributed by atoms with Gasteiger partial charge in [-0.1, -0.05) is 0 Å². The third-order valence-electron chi connectivity index (χ3n) is 2.32. The lowest BCUT2D eigenvalue weighted by Gasteiger charge is -2.01. The topological polar surface area (TPSA) is 54.5 Å². The number of H-pyrrole nitrogens is 1. The second kappa shape index (κ2) is 3.16. The Morgan fingerprint density at radius 3 is 2.87 bits per heavy atom. The highest BCUT2D eigenvalue weighted by Gasteiger charge is 2.05. The van der Waals surface area contributed by atoms with Crippen molar-refractivity contribution < 1.29 is 0 Å². The number of rotatable bonds is 1. The monoisotopic (exact) mass is 196 g/mol. The van der Waals surface area contributed by atoms with E-state index in [1.807, 2.05) is 24.4 Å². The zero-order valence-corrected chi connectivity index (χ0v) is 7.88. The van der Waals surface area contributed by atoms with Crippen LogP contribution in [0.25, 0.3) is 22.2 Å². The van der Waals surface area contributed by atoms with E-state index in [0.29, 0.717) is 0 Å². The summed E-state index contributed by atoms with van der Waals surface area (Å²) < 4.78 is 0. The molecule has 0 aliphatic rings. The predicted molar refractivity (Wildman–Crippen MR) is 57.1 cm³/mol. The zero-order valence-electron chi connectivity index (χ0n) is 7.88. The minimum Gasteiger partial charge on any atom is -0.276 e. The minimum absolute atomic E-state index is 0.910. The minimum atomic E-state index is 0.910. The van der Waals surface area contributed by atoms with Crippen molar-refractivity contribution in [2.75, 3.05) is 0 Å². The molecule has 0 amide bonds. The molecule has 0 saturated carbocycles. The van der Waals surface area contributed by atoms with Crippen molar-refractivity contribution >= 4 is 10.8 Å². The van der Waals surface area contributed by atoms with E-state index in [2.05, 4.69) is 20.2 Å². The first-order valence-electron chi connectivity index (χ1n) is 4.63. The van der Waals surface area contributed by atoms with Crippen LogP contribution in [0.3, 0.4) is 0 Å². The molecule has 0 bridgehead atoms. The second-order valence-electron chi connectivity index (χ2n) is 3.23. The maximum Gasteiger partial charge on any atom is 0.0959 e. The van der Waals surface area contributed by atoms with Crippen LogP contribution in [0.1, 0.15) is 0 Å². The molecular weight excluding hydrogens is 188 g/mol. The number of nitrogens with one attached hydrogen (secondary N) is 1. The van der Waals surface area contributed by atoms with Gasteiger partial charge in [-0.15, -0.1) is 0 Å². The van der Waals surface area contributed by atoms with E-state index < -0.39 is 0 Å². The average molecular weight is 196 g/mol. The van der Waals surface area contributed by atoms with Crippen molar-refractivity contribution in [2.45, 2.75) is 0 Å². The summed E-state index contributed by atoms with van der Waals surface area (Å²) in [6, 6.07) is 5.81. The molecular formula is C11H8N4. The Kier molecular flexibility index (Phi) is 1.71. The van der Waals surface area contributed by atoms with Gasteiger partial charge in [0.05, 0.1) is 11.4 Å². The molecule has 0 aliphatic carbocycles. The number of nitrogens with zero attached hydrogens (tertiary/aromatic N) is 3. The molecule has 0 aromatic carbocycles. The molecule has 4 nitrogen and oxygen atoms in total. The maximum absolute atomic E-state index is 4.35. The number of aromatic amines is 1. The Morgan fingerprint density at radius 2 is 2.00 bits per heavy atom. The Balaban J connectivity index is 2.36. The van der Waals surface area contributed by atoms with Crippen LogP contribution in [-0.4, -0.2) is 20.2 Å². The lowest BCUT2D eigenvalue weighted by atomic mass is 10.1. The molecule has 0 aliphatic heterocycles. The van der Waals surface area contributed by atoms with Crippen molar-refractivity contribution in [3.63, 3.8) is 0 Å². The van der Waals surface area contributed by atoms with Crippen LogP contribution in [0.15, 0.2) is 43.0 Å². The van der Waals surface area contributed by atoms with Gasteiger partial charge in [0.2, 0.25) is 0 Å². The van der Waals surface area contributed by atoms with Gasteiger partial charge in [0.1, 0.15) is 0 Å². The smallest absolute Gasteiger partial charge is 0.0959 e. The van der Waals surface area contributed by atoms with E-state index in [0.717, 1.165) is 22.2 Å². The zero-order chi connectivity index (χ0) is 10.1. The molecule has 4 heteroatoms. The van der Waals surface area contributed by atoms with Gasteiger partial charge in [0, 0.05) is 35.6 Å². The van der Waals surface area contributed by atoms with Crippen molar-refractivity contribution in [1.29, 1.82) is 0 Å². The number of hydrogen-bond acceptors (Lipinski definition) is 3. The van der Waals surface area contributed by atoms with E-state index >= 15 is 0 Å². The summed E-state index contributed by atoms with van der Waals surface area (Å²) in [5, 5.41) is 9.00. The van der Waals surface area contributed by atoms with Gasteiger partial charge in [0.25, 0.3) is 0 Å². The Hall–Kier alpha value is -2.23. The Morgan fingerprint density at radius 1 is 1.00 bits per heavy atom. The Bertz CT molecular complexity index is 581. The molecule has 1 N–H and O–H groups in total. The summed E-state index contributed by atoms with van der Waals surface area (Å²) in [5.74, 6) is 0. The van der Waals surface area contributed by atoms with Gasteiger partial charge >= 0.3 is 0 Å². The van der Waals surface area contributed by atoms with E-state index in [4.69, 9.17) is 0 Å². The van der Waals surface area contributed by atoms with Crippen LogP contribution in [0.5, 0.6) is 0 Å². The molecule has 15 heavy (non-hydrogen) atoms. The van der Waals surface area contributed by atoms with Crippen LogP contribution in [0, 0.1) is 0 Å². The number of aromatic nitrogens is 4. The molecule has 0 spiro atoms. The van der Waals surface area contributed by atoms with E-state index in [1.54, 1.807) is 18.6 Å². The molecule has 72 valence electrons. The highest BCUT2D eigenvalue weighted by atomic mass is 15.1. The molecule has 3 aromatic heterocycles. The summed E-state index contributed by atoms with van der Waals surface area (Å²) in [6.07, 6.45) is 7.10. The van der Waals surface area contributed by atoms with Gasteiger partial charge in [-0.05, 0) is 18.2 Å². The van der Waals surface area contributed by atoms with Gasteiger partial charge in [-0.3, -0.25) is 15.1 Å². The number of hydrogen-bond donors (Lipinski definition) is 1. The fraction of sp³-hybridized carbons (Fsp3) is 0. The first kappa shape index (κ1) is 8.11. The fourth-order valence-corrected chi connectivity index (χ4v) is 1.62.